The fraction of sp³-hybridized carbons (Fsp3) is 0.857. The van der Waals surface area contributed by atoms with Gasteiger partial charge in [0.15, 0.2) is 0 Å². The molecule has 1 aliphatic rings. The molecule has 1 aliphatic carbocycles. The van der Waals surface area contributed by atoms with E-state index in [4.69, 9.17) is 10.8 Å². The smallest absolute Gasteiger partial charge is 0.303 e. The molecule has 58 valence electrons. The number of nitrogens with two attached hydrogens (primary N) is 1. The summed E-state index contributed by atoms with van der Waals surface area (Å²) >= 11 is 0. The summed E-state index contributed by atoms with van der Waals surface area (Å²) in [4.78, 5) is 10.1. The zero-order valence-corrected chi connectivity index (χ0v) is 5.92. The van der Waals surface area contributed by atoms with Gasteiger partial charge >= 0.3 is 5.97 Å². The Hall–Kier alpha value is -0.570. The lowest BCUT2D eigenvalue weighted by molar-refractivity contribution is -0.137. The van der Waals surface area contributed by atoms with Crippen LogP contribution in [0, 0.1) is 5.92 Å². The molecule has 0 heterocycles. The van der Waals surface area contributed by atoms with E-state index in [-0.39, 0.29) is 0 Å². The third kappa shape index (κ3) is 2.35. The number of carboxylic acid groups (broad SMARTS) is 1. The van der Waals surface area contributed by atoms with E-state index in [1.807, 2.05) is 0 Å². The summed E-state index contributed by atoms with van der Waals surface area (Å²) in [6.45, 7) is 0. The van der Waals surface area contributed by atoms with E-state index in [1.165, 1.54) is 0 Å². The Morgan fingerprint density at radius 1 is 1.70 bits per heavy atom. The van der Waals surface area contributed by atoms with Gasteiger partial charge in [-0.2, -0.15) is 0 Å². The first-order chi connectivity index (χ1) is 4.70. The van der Waals surface area contributed by atoms with Crippen LogP contribution in [0.5, 0.6) is 0 Å². The average molecular weight is 143 g/mol. The van der Waals surface area contributed by atoms with Crippen molar-refractivity contribution in [1.29, 1.82) is 0 Å². The second-order valence-electron chi connectivity index (χ2n) is 2.95. The first-order valence-electron chi connectivity index (χ1n) is 3.67. The van der Waals surface area contributed by atoms with E-state index in [1.54, 1.807) is 0 Å². The highest BCUT2D eigenvalue weighted by Crippen LogP contribution is 2.32. The lowest BCUT2D eigenvalue weighted by Gasteiger charge is -1.93. The number of carboxylic acids is 1. The summed E-state index contributed by atoms with van der Waals surface area (Å²) in [6.07, 6.45) is 3.17. The van der Waals surface area contributed by atoms with Crippen LogP contribution < -0.4 is 5.73 Å². The van der Waals surface area contributed by atoms with Gasteiger partial charge in [-0.25, -0.2) is 0 Å². The second kappa shape index (κ2) is 3.01. The second-order valence-corrected chi connectivity index (χ2v) is 2.95. The molecule has 3 N–H and O–H groups in total. The Balaban J connectivity index is 1.91. The van der Waals surface area contributed by atoms with Gasteiger partial charge in [-0.3, -0.25) is 4.79 Å². The van der Waals surface area contributed by atoms with E-state index < -0.39 is 5.97 Å². The van der Waals surface area contributed by atoms with Crippen molar-refractivity contribution in [2.45, 2.75) is 31.7 Å². The Kier molecular flexibility index (Phi) is 2.27. The summed E-state index contributed by atoms with van der Waals surface area (Å²) in [5.74, 6) is -0.0754. The maximum atomic E-state index is 10.1. The van der Waals surface area contributed by atoms with Crippen LogP contribution in [-0.4, -0.2) is 17.1 Å². The monoisotopic (exact) mass is 143 g/mol. The molecule has 2 unspecified atom stereocenters. The molecule has 0 aliphatic heterocycles. The van der Waals surface area contributed by atoms with Gasteiger partial charge in [0.25, 0.3) is 0 Å². The summed E-state index contributed by atoms with van der Waals surface area (Å²) in [5, 5.41) is 8.28. The first-order valence-corrected chi connectivity index (χ1v) is 3.67. The lowest BCUT2D eigenvalue weighted by Crippen LogP contribution is -2.02. The number of hydrogen-bond donors (Lipinski definition) is 2. The summed E-state index contributed by atoms with van der Waals surface area (Å²) in [7, 11) is 0. The van der Waals surface area contributed by atoms with E-state index in [0.29, 0.717) is 18.4 Å². The highest BCUT2D eigenvalue weighted by molar-refractivity contribution is 5.66. The van der Waals surface area contributed by atoms with Crippen LogP contribution in [0.15, 0.2) is 0 Å². The molecule has 10 heavy (non-hydrogen) atoms. The standard InChI is InChI=1S/C7H13NO2/c8-6-4-5(6)2-1-3-7(9)10/h5-6H,1-4,8H2,(H,9,10). The van der Waals surface area contributed by atoms with Gasteiger partial charge in [0.05, 0.1) is 0 Å². The number of aliphatic carboxylic acids is 1. The van der Waals surface area contributed by atoms with Crippen LogP contribution >= 0.6 is 0 Å². The predicted molar refractivity (Wildman–Crippen MR) is 37.6 cm³/mol. The minimum absolute atomic E-state index is 0.295. The zero-order chi connectivity index (χ0) is 7.56. The van der Waals surface area contributed by atoms with Gasteiger partial charge in [-0.05, 0) is 25.2 Å². The minimum atomic E-state index is -0.700. The van der Waals surface area contributed by atoms with Crippen LogP contribution in [0.3, 0.4) is 0 Å². The molecule has 1 fully saturated rings. The molecule has 0 aromatic carbocycles. The third-order valence-electron chi connectivity index (χ3n) is 1.94. The molecule has 3 heteroatoms. The van der Waals surface area contributed by atoms with Crippen molar-refractivity contribution >= 4 is 5.97 Å². The largest absolute Gasteiger partial charge is 0.481 e. The van der Waals surface area contributed by atoms with E-state index in [0.717, 1.165) is 19.3 Å². The maximum absolute atomic E-state index is 10.1. The highest BCUT2D eigenvalue weighted by atomic mass is 16.4. The Morgan fingerprint density at radius 3 is 2.70 bits per heavy atom. The molecular formula is C7H13NO2. The molecule has 0 radical (unpaired) electrons. The topological polar surface area (TPSA) is 63.3 Å². The number of rotatable bonds is 4. The Bertz CT molecular complexity index is 136. The molecule has 3 nitrogen and oxygen atoms in total. The lowest BCUT2D eigenvalue weighted by atomic mass is 10.2. The molecule has 0 spiro atoms. The van der Waals surface area contributed by atoms with Gasteiger partial charge in [-0.15, -0.1) is 0 Å². The van der Waals surface area contributed by atoms with Gasteiger partial charge in [0, 0.05) is 12.5 Å². The van der Waals surface area contributed by atoms with Gasteiger partial charge in [0.1, 0.15) is 0 Å². The predicted octanol–water partition coefficient (Wildman–Crippen LogP) is 0.588. The van der Waals surface area contributed by atoms with Crippen molar-refractivity contribution in [2.75, 3.05) is 0 Å². The van der Waals surface area contributed by atoms with Crippen molar-refractivity contribution < 1.29 is 9.90 Å². The molecule has 1 rings (SSSR count). The van der Waals surface area contributed by atoms with Crippen LogP contribution in [0.25, 0.3) is 0 Å². The van der Waals surface area contributed by atoms with Gasteiger partial charge in [-0.1, -0.05) is 0 Å². The molecule has 0 aromatic heterocycles. The van der Waals surface area contributed by atoms with E-state index in [9.17, 15) is 4.79 Å². The molecule has 0 saturated heterocycles. The fourth-order valence-corrected chi connectivity index (χ4v) is 1.12. The van der Waals surface area contributed by atoms with Crippen molar-refractivity contribution in [1.82, 2.24) is 0 Å². The summed E-state index contributed by atoms with van der Waals surface area (Å²) in [5.41, 5.74) is 5.54. The SMILES string of the molecule is NC1CC1CCCC(=O)O. The first kappa shape index (κ1) is 7.54. The molecule has 0 aromatic rings. The van der Waals surface area contributed by atoms with Gasteiger partial charge < -0.3 is 10.8 Å². The Labute approximate surface area is 60.2 Å². The van der Waals surface area contributed by atoms with Crippen molar-refractivity contribution in [3.63, 3.8) is 0 Å². The Morgan fingerprint density at radius 2 is 2.30 bits per heavy atom. The van der Waals surface area contributed by atoms with Crippen LogP contribution in [0.1, 0.15) is 25.7 Å². The third-order valence-corrected chi connectivity index (χ3v) is 1.94. The van der Waals surface area contributed by atoms with Crippen molar-refractivity contribution in [2.24, 2.45) is 11.7 Å². The van der Waals surface area contributed by atoms with Gasteiger partial charge in [0.2, 0.25) is 0 Å². The normalized spacial score (nSPS) is 30.1. The quantitative estimate of drug-likeness (QED) is 0.605. The maximum Gasteiger partial charge on any atom is 0.303 e. The fourth-order valence-electron chi connectivity index (χ4n) is 1.12. The van der Waals surface area contributed by atoms with Crippen LogP contribution in [-0.2, 0) is 4.79 Å². The number of carbonyl (C=O) groups is 1. The highest BCUT2D eigenvalue weighted by Gasteiger charge is 2.32. The van der Waals surface area contributed by atoms with E-state index in [2.05, 4.69) is 0 Å². The average Bonchev–Trinajstić information content (AvgIpc) is 2.46. The van der Waals surface area contributed by atoms with Crippen molar-refractivity contribution in [3.05, 3.63) is 0 Å². The molecule has 2 atom stereocenters. The van der Waals surface area contributed by atoms with Crippen LogP contribution in [0.4, 0.5) is 0 Å². The summed E-state index contributed by atoms with van der Waals surface area (Å²) in [6, 6.07) is 0.369. The minimum Gasteiger partial charge on any atom is -0.481 e. The van der Waals surface area contributed by atoms with Crippen molar-refractivity contribution in [3.8, 4) is 0 Å². The zero-order valence-electron chi connectivity index (χ0n) is 5.92. The molecular weight excluding hydrogens is 130 g/mol. The molecule has 1 saturated carbocycles. The van der Waals surface area contributed by atoms with Crippen LogP contribution in [0.2, 0.25) is 0 Å². The van der Waals surface area contributed by atoms with E-state index >= 15 is 0 Å². The summed E-state index contributed by atoms with van der Waals surface area (Å²) < 4.78 is 0. The molecule has 0 bridgehead atoms. The number of hydrogen-bond acceptors (Lipinski definition) is 2. The molecule has 0 amide bonds.